The zero-order valence-corrected chi connectivity index (χ0v) is 11.3. The molecule has 1 aromatic rings. The number of benzene rings is 1. The monoisotopic (exact) mass is 281 g/mol. The topological polar surface area (TPSA) is 93.6 Å². The van der Waals surface area contributed by atoms with Crippen molar-refractivity contribution in [1.82, 2.24) is 16.0 Å². The SMILES string of the molecule is CNC(=S)NCCNC(=O)c1ccccc1B(O)O. The fourth-order valence-corrected chi connectivity index (χ4v) is 1.57. The van der Waals surface area contributed by atoms with E-state index in [1.807, 2.05) is 0 Å². The number of nitrogens with one attached hydrogen (secondary N) is 3. The smallest absolute Gasteiger partial charge is 0.423 e. The molecule has 0 bridgehead atoms. The Morgan fingerprint density at radius 3 is 2.53 bits per heavy atom. The first-order valence-electron chi connectivity index (χ1n) is 5.75. The number of rotatable bonds is 5. The molecule has 102 valence electrons. The van der Waals surface area contributed by atoms with Gasteiger partial charge in [-0.3, -0.25) is 4.79 Å². The molecule has 0 aliphatic carbocycles. The molecule has 0 fully saturated rings. The number of hydrogen-bond donors (Lipinski definition) is 5. The lowest BCUT2D eigenvalue weighted by Gasteiger charge is -2.10. The van der Waals surface area contributed by atoms with Gasteiger partial charge in [-0.2, -0.15) is 0 Å². The molecular weight excluding hydrogens is 265 g/mol. The standard InChI is InChI=1S/C11H16BN3O3S/c1-13-11(19)15-7-6-14-10(16)8-4-2-3-5-9(8)12(17)18/h2-5,17-18H,6-7H2,1H3,(H,14,16)(H2,13,15,19). The molecule has 0 heterocycles. The van der Waals surface area contributed by atoms with E-state index in [2.05, 4.69) is 16.0 Å². The Hall–Kier alpha value is -1.64. The molecule has 0 radical (unpaired) electrons. The van der Waals surface area contributed by atoms with Crippen LogP contribution >= 0.6 is 12.2 Å². The third-order valence-electron chi connectivity index (χ3n) is 2.41. The predicted octanol–water partition coefficient (Wildman–Crippen LogP) is -1.81. The van der Waals surface area contributed by atoms with Gasteiger partial charge in [-0.05, 0) is 23.7 Å². The minimum Gasteiger partial charge on any atom is -0.423 e. The number of carbonyl (C=O) groups excluding carboxylic acids is 1. The Bertz CT molecular complexity index is 457. The van der Waals surface area contributed by atoms with E-state index in [0.717, 1.165) is 0 Å². The van der Waals surface area contributed by atoms with Gasteiger partial charge in [0.05, 0.1) is 0 Å². The fraction of sp³-hybridized carbons (Fsp3) is 0.273. The van der Waals surface area contributed by atoms with Gasteiger partial charge in [-0.25, -0.2) is 0 Å². The summed E-state index contributed by atoms with van der Waals surface area (Å²) in [7, 11) is 0.0317. The van der Waals surface area contributed by atoms with Crippen LogP contribution < -0.4 is 21.4 Å². The first-order chi connectivity index (χ1) is 9.06. The molecule has 0 saturated carbocycles. The highest BCUT2D eigenvalue weighted by Gasteiger charge is 2.19. The van der Waals surface area contributed by atoms with Crippen LogP contribution in [0.25, 0.3) is 0 Å². The molecule has 5 N–H and O–H groups in total. The summed E-state index contributed by atoms with van der Waals surface area (Å²) in [5, 5.41) is 27.1. The molecule has 1 rings (SSSR count). The highest BCUT2D eigenvalue weighted by molar-refractivity contribution is 7.80. The minimum atomic E-state index is -1.67. The molecule has 19 heavy (non-hydrogen) atoms. The largest absolute Gasteiger partial charge is 0.489 e. The molecule has 0 spiro atoms. The van der Waals surface area contributed by atoms with Gasteiger partial charge >= 0.3 is 7.12 Å². The first kappa shape index (κ1) is 15.4. The lowest BCUT2D eigenvalue weighted by molar-refractivity contribution is 0.0955. The van der Waals surface area contributed by atoms with E-state index < -0.39 is 7.12 Å². The zero-order valence-electron chi connectivity index (χ0n) is 10.5. The van der Waals surface area contributed by atoms with Gasteiger partial charge in [0.15, 0.2) is 5.11 Å². The van der Waals surface area contributed by atoms with Gasteiger partial charge < -0.3 is 26.0 Å². The Kier molecular flexibility index (Phi) is 6.27. The van der Waals surface area contributed by atoms with Crippen LogP contribution in [0, 0.1) is 0 Å². The number of amides is 1. The molecule has 0 saturated heterocycles. The number of hydrogen-bond acceptors (Lipinski definition) is 4. The van der Waals surface area contributed by atoms with Crippen molar-refractivity contribution in [3.63, 3.8) is 0 Å². The third-order valence-corrected chi connectivity index (χ3v) is 2.76. The second-order valence-electron chi connectivity index (χ2n) is 3.72. The summed E-state index contributed by atoms with van der Waals surface area (Å²) in [6.07, 6.45) is 0. The van der Waals surface area contributed by atoms with Crippen molar-refractivity contribution < 1.29 is 14.8 Å². The van der Waals surface area contributed by atoms with E-state index in [1.165, 1.54) is 12.1 Å². The molecule has 0 aliphatic rings. The van der Waals surface area contributed by atoms with Crippen LogP contribution in [-0.2, 0) is 0 Å². The van der Waals surface area contributed by atoms with E-state index in [-0.39, 0.29) is 16.9 Å². The van der Waals surface area contributed by atoms with Crippen LogP contribution in [0.15, 0.2) is 24.3 Å². The predicted molar refractivity (Wildman–Crippen MR) is 78.3 cm³/mol. The van der Waals surface area contributed by atoms with Crippen molar-refractivity contribution in [3.05, 3.63) is 29.8 Å². The molecular formula is C11H16BN3O3S. The summed E-state index contributed by atoms with van der Waals surface area (Å²) < 4.78 is 0. The molecule has 6 nitrogen and oxygen atoms in total. The van der Waals surface area contributed by atoms with Crippen LogP contribution in [0.5, 0.6) is 0 Å². The molecule has 0 unspecified atom stereocenters. The van der Waals surface area contributed by atoms with Crippen LogP contribution in [-0.4, -0.2) is 48.3 Å². The molecule has 0 aromatic heterocycles. The van der Waals surface area contributed by atoms with Crippen molar-refractivity contribution in [2.45, 2.75) is 0 Å². The number of carbonyl (C=O) groups is 1. The Balaban J connectivity index is 2.52. The van der Waals surface area contributed by atoms with E-state index in [4.69, 9.17) is 22.3 Å². The van der Waals surface area contributed by atoms with Gasteiger partial charge in [0, 0.05) is 25.7 Å². The fourth-order valence-electron chi connectivity index (χ4n) is 1.46. The van der Waals surface area contributed by atoms with Crippen LogP contribution in [0.3, 0.4) is 0 Å². The molecule has 1 amide bonds. The molecule has 8 heteroatoms. The lowest BCUT2D eigenvalue weighted by Crippen LogP contribution is -2.41. The summed E-state index contributed by atoms with van der Waals surface area (Å²) in [6, 6.07) is 6.33. The summed E-state index contributed by atoms with van der Waals surface area (Å²) in [5.74, 6) is -0.360. The average Bonchev–Trinajstić information content (AvgIpc) is 2.42. The molecule has 0 atom stereocenters. The van der Waals surface area contributed by atoms with E-state index >= 15 is 0 Å². The van der Waals surface area contributed by atoms with Gasteiger partial charge in [0.2, 0.25) is 0 Å². The maximum atomic E-state index is 11.9. The maximum absolute atomic E-state index is 11.9. The van der Waals surface area contributed by atoms with E-state index in [9.17, 15) is 4.79 Å². The quantitative estimate of drug-likeness (QED) is 0.248. The van der Waals surface area contributed by atoms with Crippen molar-refractivity contribution in [1.29, 1.82) is 0 Å². The normalized spacial score (nSPS) is 9.63. The van der Waals surface area contributed by atoms with Gasteiger partial charge in [0.1, 0.15) is 0 Å². The van der Waals surface area contributed by atoms with E-state index in [1.54, 1.807) is 19.2 Å². The highest BCUT2D eigenvalue weighted by atomic mass is 32.1. The number of thiocarbonyl (C=S) groups is 1. The minimum absolute atomic E-state index is 0.179. The third kappa shape index (κ3) is 4.86. The molecule has 1 aromatic carbocycles. The van der Waals surface area contributed by atoms with Gasteiger partial charge in [-0.15, -0.1) is 0 Å². The summed E-state index contributed by atoms with van der Waals surface area (Å²) >= 11 is 4.88. The second kappa shape index (κ2) is 7.72. The van der Waals surface area contributed by atoms with Crippen molar-refractivity contribution in [2.75, 3.05) is 20.1 Å². The Morgan fingerprint density at radius 2 is 1.89 bits per heavy atom. The maximum Gasteiger partial charge on any atom is 0.489 e. The van der Waals surface area contributed by atoms with Gasteiger partial charge in [0.25, 0.3) is 5.91 Å². The summed E-state index contributed by atoms with van der Waals surface area (Å²) in [6.45, 7) is 0.853. The zero-order chi connectivity index (χ0) is 14.3. The average molecular weight is 281 g/mol. The first-order valence-corrected chi connectivity index (χ1v) is 6.16. The molecule has 0 aliphatic heterocycles. The van der Waals surface area contributed by atoms with Crippen molar-refractivity contribution in [2.24, 2.45) is 0 Å². The second-order valence-corrected chi connectivity index (χ2v) is 4.13. The van der Waals surface area contributed by atoms with Gasteiger partial charge in [-0.1, -0.05) is 18.2 Å². The van der Waals surface area contributed by atoms with Crippen molar-refractivity contribution >= 4 is 35.8 Å². The highest BCUT2D eigenvalue weighted by Crippen LogP contribution is 1.96. The van der Waals surface area contributed by atoms with Crippen LogP contribution in [0.2, 0.25) is 0 Å². The Morgan fingerprint density at radius 1 is 1.26 bits per heavy atom. The lowest BCUT2D eigenvalue weighted by atomic mass is 9.77. The van der Waals surface area contributed by atoms with Crippen molar-refractivity contribution in [3.8, 4) is 0 Å². The van der Waals surface area contributed by atoms with Crippen LogP contribution in [0.1, 0.15) is 10.4 Å². The van der Waals surface area contributed by atoms with Crippen LogP contribution in [0.4, 0.5) is 0 Å². The Labute approximate surface area is 117 Å². The van der Waals surface area contributed by atoms with E-state index in [0.29, 0.717) is 18.2 Å². The summed E-state index contributed by atoms with van der Waals surface area (Å²) in [4.78, 5) is 11.9. The summed E-state index contributed by atoms with van der Waals surface area (Å²) in [5.41, 5.74) is 0.424.